The van der Waals surface area contributed by atoms with Crippen LogP contribution in [0, 0.1) is 0 Å². The number of hydrogen-bond acceptors (Lipinski definition) is 4. The van der Waals surface area contributed by atoms with Gasteiger partial charge in [0.05, 0.1) is 6.26 Å². The zero-order valence-electron chi connectivity index (χ0n) is 12.5. The predicted octanol–water partition coefficient (Wildman–Crippen LogP) is 3.66. The van der Waals surface area contributed by atoms with Gasteiger partial charge < -0.3 is 19.6 Å². The Bertz CT molecular complexity index is 751. The molecule has 0 amide bonds. The number of benzene rings is 2. The molecular formula is C18H19NO3. The summed E-state index contributed by atoms with van der Waals surface area (Å²) in [6.07, 6.45) is 2.44. The smallest absolute Gasteiger partial charge is 0.188 e. The van der Waals surface area contributed by atoms with E-state index in [1.165, 1.54) is 0 Å². The number of furan rings is 1. The summed E-state index contributed by atoms with van der Waals surface area (Å²) in [5.41, 5.74) is 9.40. The lowest BCUT2D eigenvalue weighted by Crippen LogP contribution is -2.13. The van der Waals surface area contributed by atoms with Gasteiger partial charge in [-0.1, -0.05) is 24.3 Å². The first-order valence-corrected chi connectivity index (χ1v) is 7.19. The van der Waals surface area contributed by atoms with Crippen LogP contribution in [0.1, 0.15) is 17.2 Å². The molecule has 0 spiro atoms. The number of hydrogen-bond donors (Lipinski definition) is 1. The Hall–Kier alpha value is -2.30. The van der Waals surface area contributed by atoms with Gasteiger partial charge in [0.2, 0.25) is 0 Å². The summed E-state index contributed by atoms with van der Waals surface area (Å²) < 4.78 is 15.8. The van der Waals surface area contributed by atoms with E-state index in [1.807, 2.05) is 36.4 Å². The highest BCUT2D eigenvalue weighted by Gasteiger charge is 2.09. The van der Waals surface area contributed by atoms with Crippen LogP contribution >= 0.6 is 0 Å². The van der Waals surface area contributed by atoms with Crippen molar-refractivity contribution in [2.45, 2.75) is 12.5 Å². The summed E-state index contributed by atoms with van der Waals surface area (Å²) in [4.78, 5) is 0. The summed E-state index contributed by atoms with van der Waals surface area (Å²) in [6.45, 7) is 0.230. The van der Waals surface area contributed by atoms with Gasteiger partial charge in [-0.05, 0) is 41.8 Å². The molecule has 114 valence electrons. The zero-order chi connectivity index (χ0) is 15.4. The molecule has 0 saturated heterocycles. The molecule has 1 heterocycles. The van der Waals surface area contributed by atoms with Crippen molar-refractivity contribution >= 4 is 11.0 Å². The maximum Gasteiger partial charge on any atom is 0.188 e. The maximum absolute atomic E-state index is 6.33. The van der Waals surface area contributed by atoms with E-state index in [-0.39, 0.29) is 12.8 Å². The average molecular weight is 297 g/mol. The van der Waals surface area contributed by atoms with Crippen LogP contribution in [0.25, 0.3) is 11.0 Å². The van der Waals surface area contributed by atoms with Gasteiger partial charge >= 0.3 is 0 Å². The van der Waals surface area contributed by atoms with Crippen molar-refractivity contribution in [3.63, 3.8) is 0 Å². The van der Waals surface area contributed by atoms with Crippen molar-refractivity contribution < 1.29 is 13.9 Å². The first-order valence-electron chi connectivity index (χ1n) is 7.19. The molecule has 1 aromatic heterocycles. The number of ether oxygens (including phenoxy) is 2. The minimum atomic E-state index is -0.0986. The molecule has 0 fully saturated rings. The van der Waals surface area contributed by atoms with E-state index in [0.29, 0.717) is 0 Å². The fraction of sp³-hybridized carbons (Fsp3) is 0.222. The summed E-state index contributed by atoms with van der Waals surface area (Å²) >= 11 is 0. The van der Waals surface area contributed by atoms with Crippen molar-refractivity contribution in [1.29, 1.82) is 0 Å². The lowest BCUT2D eigenvalue weighted by atomic mass is 9.99. The largest absolute Gasteiger partial charge is 0.468 e. The highest BCUT2D eigenvalue weighted by atomic mass is 16.7. The van der Waals surface area contributed by atoms with Crippen LogP contribution in [0.2, 0.25) is 0 Å². The molecule has 1 atom stereocenters. The van der Waals surface area contributed by atoms with Gasteiger partial charge in [-0.2, -0.15) is 0 Å². The van der Waals surface area contributed by atoms with Crippen molar-refractivity contribution in [2.24, 2.45) is 5.73 Å². The van der Waals surface area contributed by atoms with Crippen LogP contribution < -0.4 is 10.5 Å². The van der Waals surface area contributed by atoms with E-state index in [1.54, 1.807) is 13.4 Å². The molecule has 0 saturated carbocycles. The Morgan fingerprint density at radius 1 is 1.14 bits per heavy atom. The van der Waals surface area contributed by atoms with Crippen LogP contribution in [0.4, 0.5) is 0 Å². The Kier molecular flexibility index (Phi) is 4.42. The topological polar surface area (TPSA) is 57.6 Å². The molecule has 0 aliphatic carbocycles. The average Bonchev–Trinajstić information content (AvgIpc) is 3.01. The van der Waals surface area contributed by atoms with E-state index in [9.17, 15) is 0 Å². The summed E-state index contributed by atoms with van der Waals surface area (Å²) in [5.74, 6) is 0.760. The summed E-state index contributed by atoms with van der Waals surface area (Å²) in [6, 6.07) is 15.8. The molecule has 4 nitrogen and oxygen atoms in total. The van der Waals surface area contributed by atoms with Crippen LogP contribution in [0.3, 0.4) is 0 Å². The number of nitrogens with two attached hydrogens (primary N) is 1. The first-order chi connectivity index (χ1) is 10.8. The summed E-state index contributed by atoms with van der Waals surface area (Å²) in [7, 11) is 1.60. The minimum Gasteiger partial charge on any atom is -0.468 e. The lowest BCUT2D eigenvalue weighted by molar-refractivity contribution is 0.0510. The van der Waals surface area contributed by atoms with Crippen LogP contribution in [-0.4, -0.2) is 13.9 Å². The molecule has 4 heteroatoms. The molecule has 0 bridgehead atoms. The molecule has 3 rings (SSSR count). The molecule has 2 aromatic carbocycles. The second-order valence-corrected chi connectivity index (χ2v) is 5.23. The third-order valence-corrected chi connectivity index (χ3v) is 3.61. The maximum atomic E-state index is 6.33. The molecule has 22 heavy (non-hydrogen) atoms. The first kappa shape index (κ1) is 14.6. The van der Waals surface area contributed by atoms with Crippen molar-refractivity contribution in [3.05, 3.63) is 65.9 Å². The minimum absolute atomic E-state index is 0.0986. The van der Waals surface area contributed by atoms with Gasteiger partial charge in [-0.15, -0.1) is 0 Å². The van der Waals surface area contributed by atoms with Gasteiger partial charge in [0, 0.05) is 18.5 Å². The molecule has 0 radical (unpaired) electrons. The number of fused-ring (bicyclic) bond motifs is 1. The molecular weight excluding hydrogens is 278 g/mol. The number of methoxy groups -OCH3 is 1. The Balaban J connectivity index is 1.74. The van der Waals surface area contributed by atoms with E-state index in [4.69, 9.17) is 19.6 Å². The fourth-order valence-corrected chi connectivity index (χ4v) is 2.46. The quantitative estimate of drug-likeness (QED) is 0.705. The predicted molar refractivity (Wildman–Crippen MR) is 85.8 cm³/mol. The standard InChI is InChI=1S/C18H19NO3/c1-20-12-22-16-4-2-3-15(11-16)17(19)9-13-5-6-14-7-8-21-18(14)10-13/h2-8,10-11,17H,9,12,19H2,1H3. The highest BCUT2D eigenvalue weighted by Crippen LogP contribution is 2.23. The lowest BCUT2D eigenvalue weighted by Gasteiger charge is -2.14. The van der Waals surface area contributed by atoms with Crippen molar-refractivity contribution in [3.8, 4) is 5.75 Å². The van der Waals surface area contributed by atoms with Gasteiger partial charge in [0.15, 0.2) is 6.79 Å². The molecule has 0 aliphatic heterocycles. The normalized spacial score (nSPS) is 12.5. The van der Waals surface area contributed by atoms with Crippen LogP contribution in [0.15, 0.2) is 59.2 Å². The van der Waals surface area contributed by atoms with Crippen molar-refractivity contribution in [1.82, 2.24) is 0 Å². The summed E-state index contributed by atoms with van der Waals surface area (Å²) in [5, 5.41) is 1.10. The SMILES string of the molecule is COCOc1cccc(C(N)Cc2ccc3ccoc3c2)c1. The Morgan fingerprint density at radius 2 is 2.05 bits per heavy atom. The molecule has 2 N–H and O–H groups in total. The third kappa shape index (κ3) is 3.30. The monoisotopic (exact) mass is 297 g/mol. The molecule has 3 aromatic rings. The second kappa shape index (κ2) is 6.64. The Morgan fingerprint density at radius 3 is 2.91 bits per heavy atom. The fourth-order valence-electron chi connectivity index (χ4n) is 2.46. The van der Waals surface area contributed by atoms with Gasteiger partial charge in [-0.3, -0.25) is 0 Å². The number of rotatable bonds is 6. The van der Waals surface area contributed by atoms with Gasteiger partial charge in [0.25, 0.3) is 0 Å². The molecule has 0 aliphatic rings. The molecule has 1 unspecified atom stereocenters. The van der Waals surface area contributed by atoms with Crippen LogP contribution in [0.5, 0.6) is 5.75 Å². The van der Waals surface area contributed by atoms with E-state index in [0.717, 1.165) is 34.3 Å². The van der Waals surface area contributed by atoms with Crippen molar-refractivity contribution in [2.75, 3.05) is 13.9 Å². The van der Waals surface area contributed by atoms with Gasteiger partial charge in [-0.25, -0.2) is 0 Å². The van der Waals surface area contributed by atoms with Crippen LogP contribution in [-0.2, 0) is 11.2 Å². The highest BCUT2D eigenvalue weighted by molar-refractivity contribution is 5.77. The van der Waals surface area contributed by atoms with E-state index in [2.05, 4.69) is 12.1 Å². The zero-order valence-corrected chi connectivity index (χ0v) is 12.5. The van der Waals surface area contributed by atoms with Gasteiger partial charge in [0.1, 0.15) is 11.3 Å². The second-order valence-electron chi connectivity index (χ2n) is 5.23. The van der Waals surface area contributed by atoms with E-state index < -0.39 is 0 Å². The van der Waals surface area contributed by atoms with E-state index >= 15 is 0 Å². The third-order valence-electron chi connectivity index (χ3n) is 3.61. The Labute approximate surface area is 129 Å².